The number of aromatic nitrogens is 4. The van der Waals surface area contributed by atoms with Crippen molar-refractivity contribution in [2.75, 3.05) is 37.7 Å². The maximum absolute atomic E-state index is 13.2. The van der Waals surface area contributed by atoms with Crippen LogP contribution in [0.3, 0.4) is 0 Å². The average Bonchev–Trinajstić information content (AvgIpc) is 3.68. The number of amides is 1. The minimum absolute atomic E-state index is 0.120. The van der Waals surface area contributed by atoms with Crippen LogP contribution in [0.1, 0.15) is 34.7 Å². The van der Waals surface area contributed by atoms with Crippen LogP contribution in [-0.2, 0) is 12.2 Å². The third-order valence-electron chi connectivity index (χ3n) is 7.09. The van der Waals surface area contributed by atoms with Crippen molar-refractivity contribution in [3.05, 3.63) is 114 Å². The molecule has 1 fully saturated rings. The molecular formula is C32H32N6O3S. The third kappa shape index (κ3) is 6.18. The summed E-state index contributed by atoms with van der Waals surface area (Å²) in [4.78, 5) is 21.9. The van der Waals surface area contributed by atoms with Gasteiger partial charge in [0.25, 0.3) is 5.91 Å². The Morgan fingerprint density at radius 3 is 2.38 bits per heavy atom. The second-order valence-corrected chi connectivity index (χ2v) is 10.8. The molecule has 9 nitrogen and oxygen atoms in total. The van der Waals surface area contributed by atoms with Crippen LogP contribution in [0.4, 0.5) is 5.69 Å². The number of benzene rings is 3. The van der Waals surface area contributed by atoms with Gasteiger partial charge < -0.3 is 19.0 Å². The molecule has 6 rings (SSSR count). The second-order valence-electron chi connectivity index (χ2n) is 9.83. The van der Waals surface area contributed by atoms with Gasteiger partial charge >= 0.3 is 0 Å². The van der Waals surface area contributed by atoms with Crippen molar-refractivity contribution in [3.8, 4) is 11.4 Å². The molecule has 0 saturated carbocycles. The van der Waals surface area contributed by atoms with Crippen molar-refractivity contribution in [1.29, 1.82) is 0 Å². The van der Waals surface area contributed by atoms with Crippen molar-refractivity contribution >= 4 is 23.4 Å². The molecule has 3 heterocycles. The molecule has 1 aliphatic heterocycles. The first-order valence-electron chi connectivity index (χ1n) is 14.1. The molecule has 0 aliphatic carbocycles. The second kappa shape index (κ2) is 12.9. The highest BCUT2D eigenvalue weighted by Crippen LogP contribution is 2.29. The van der Waals surface area contributed by atoms with Gasteiger partial charge in [-0.2, -0.15) is 0 Å². The van der Waals surface area contributed by atoms with E-state index in [0.29, 0.717) is 43.5 Å². The van der Waals surface area contributed by atoms with Crippen LogP contribution in [0.25, 0.3) is 5.69 Å². The number of carbonyl (C=O) groups excluding carboxylic acids is 1. The SMILES string of the molecule is CCOc1ccccc1N1CCN(C(=O)c2coc(CSc3nnc(Cc4ccccc4)n3-c3ccccc3)n2)CC1. The minimum Gasteiger partial charge on any atom is -0.492 e. The number of oxazole rings is 1. The van der Waals surface area contributed by atoms with Crippen LogP contribution in [-0.4, -0.2) is 63.3 Å². The summed E-state index contributed by atoms with van der Waals surface area (Å²) in [5, 5.41) is 9.73. The van der Waals surface area contributed by atoms with Crippen molar-refractivity contribution in [3.63, 3.8) is 0 Å². The summed E-state index contributed by atoms with van der Waals surface area (Å²) in [5.74, 6) is 2.49. The number of hydrogen-bond donors (Lipinski definition) is 0. The number of para-hydroxylation sites is 3. The van der Waals surface area contributed by atoms with Crippen molar-refractivity contribution in [2.24, 2.45) is 0 Å². The topological polar surface area (TPSA) is 89.5 Å². The molecular weight excluding hydrogens is 548 g/mol. The number of carbonyl (C=O) groups is 1. The zero-order valence-corrected chi connectivity index (χ0v) is 24.2. The predicted octanol–water partition coefficient (Wildman–Crippen LogP) is 5.50. The molecule has 0 radical (unpaired) electrons. The fraction of sp³-hybridized carbons (Fsp3) is 0.250. The van der Waals surface area contributed by atoms with Gasteiger partial charge in [0, 0.05) is 38.3 Å². The maximum atomic E-state index is 13.2. The summed E-state index contributed by atoms with van der Waals surface area (Å²) in [7, 11) is 0. The minimum atomic E-state index is -0.120. The molecule has 0 bridgehead atoms. The van der Waals surface area contributed by atoms with E-state index in [1.165, 1.54) is 18.0 Å². The van der Waals surface area contributed by atoms with Crippen LogP contribution in [0.15, 0.2) is 101 Å². The Balaban J connectivity index is 1.10. The van der Waals surface area contributed by atoms with Gasteiger partial charge in [0.1, 0.15) is 17.8 Å². The lowest BCUT2D eigenvalue weighted by Crippen LogP contribution is -2.49. The van der Waals surface area contributed by atoms with Crippen LogP contribution < -0.4 is 9.64 Å². The smallest absolute Gasteiger partial charge is 0.275 e. The van der Waals surface area contributed by atoms with Crippen molar-refractivity contribution < 1.29 is 13.9 Å². The van der Waals surface area contributed by atoms with Crippen LogP contribution in [0, 0.1) is 0 Å². The summed E-state index contributed by atoms with van der Waals surface area (Å²) >= 11 is 1.48. The Hall–Kier alpha value is -4.57. The normalized spacial score (nSPS) is 13.4. The summed E-state index contributed by atoms with van der Waals surface area (Å²) in [5.41, 5.74) is 3.53. The van der Waals surface area contributed by atoms with E-state index >= 15 is 0 Å². The van der Waals surface area contributed by atoms with E-state index in [2.05, 4.69) is 42.8 Å². The number of nitrogens with zero attached hydrogens (tertiary/aromatic N) is 6. The fourth-order valence-electron chi connectivity index (χ4n) is 5.03. The molecule has 1 aliphatic rings. The zero-order valence-electron chi connectivity index (χ0n) is 23.4. The predicted molar refractivity (Wildman–Crippen MR) is 162 cm³/mol. The van der Waals surface area contributed by atoms with Gasteiger partial charge in [-0.25, -0.2) is 4.98 Å². The number of piperazine rings is 1. The summed E-state index contributed by atoms with van der Waals surface area (Å²) in [6, 6.07) is 28.3. The van der Waals surface area contributed by atoms with Crippen LogP contribution >= 0.6 is 11.8 Å². The maximum Gasteiger partial charge on any atom is 0.275 e. The highest BCUT2D eigenvalue weighted by atomic mass is 32.2. The average molecular weight is 581 g/mol. The van der Waals surface area contributed by atoms with Gasteiger partial charge in [-0.15, -0.1) is 10.2 Å². The van der Waals surface area contributed by atoms with Crippen LogP contribution in [0.5, 0.6) is 5.75 Å². The molecule has 10 heteroatoms. The Morgan fingerprint density at radius 2 is 1.62 bits per heavy atom. The molecule has 1 amide bonds. The molecule has 42 heavy (non-hydrogen) atoms. The van der Waals surface area contributed by atoms with Gasteiger partial charge in [-0.05, 0) is 36.8 Å². The van der Waals surface area contributed by atoms with Crippen LogP contribution in [0.2, 0.25) is 0 Å². The molecule has 1 saturated heterocycles. The van der Waals surface area contributed by atoms with Gasteiger partial charge in [0.15, 0.2) is 10.9 Å². The number of hydrogen-bond acceptors (Lipinski definition) is 8. The monoisotopic (exact) mass is 580 g/mol. The summed E-state index contributed by atoms with van der Waals surface area (Å²) < 4.78 is 13.6. The molecule has 0 atom stereocenters. The third-order valence-corrected chi connectivity index (χ3v) is 8.00. The van der Waals surface area contributed by atoms with E-state index in [1.807, 2.05) is 78.6 Å². The highest BCUT2D eigenvalue weighted by Gasteiger charge is 2.26. The molecule has 3 aromatic carbocycles. The quantitative estimate of drug-likeness (QED) is 0.200. The van der Waals surface area contributed by atoms with Crippen molar-refractivity contribution in [2.45, 2.75) is 24.3 Å². The number of ether oxygens (including phenoxy) is 1. The van der Waals surface area contributed by atoms with Gasteiger partial charge in [-0.3, -0.25) is 9.36 Å². The summed E-state index contributed by atoms with van der Waals surface area (Å²) in [6.07, 6.45) is 2.11. The molecule has 0 N–H and O–H groups in total. The van der Waals surface area contributed by atoms with E-state index in [-0.39, 0.29) is 5.91 Å². The molecule has 0 unspecified atom stereocenters. The Labute approximate surface area is 249 Å². The number of rotatable bonds is 10. The fourth-order valence-corrected chi connectivity index (χ4v) is 5.86. The molecule has 2 aromatic heterocycles. The van der Waals surface area contributed by atoms with E-state index in [4.69, 9.17) is 9.15 Å². The lowest BCUT2D eigenvalue weighted by molar-refractivity contribution is 0.0740. The molecule has 0 spiro atoms. The Bertz CT molecular complexity index is 1610. The van der Waals surface area contributed by atoms with Crippen molar-refractivity contribution in [1.82, 2.24) is 24.6 Å². The van der Waals surface area contributed by atoms with E-state index in [1.54, 1.807) is 0 Å². The zero-order chi connectivity index (χ0) is 28.7. The highest BCUT2D eigenvalue weighted by molar-refractivity contribution is 7.98. The van der Waals surface area contributed by atoms with Gasteiger partial charge in [0.05, 0.1) is 18.0 Å². The summed E-state index contributed by atoms with van der Waals surface area (Å²) in [6.45, 7) is 5.23. The largest absolute Gasteiger partial charge is 0.492 e. The first kappa shape index (κ1) is 27.6. The first-order valence-corrected chi connectivity index (χ1v) is 15.0. The lowest BCUT2D eigenvalue weighted by Gasteiger charge is -2.36. The number of anilines is 1. The first-order chi connectivity index (χ1) is 20.7. The van der Waals surface area contributed by atoms with E-state index < -0.39 is 0 Å². The van der Waals surface area contributed by atoms with Gasteiger partial charge in [-0.1, -0.05) is 72.4 Å². The van der Waals surface area contributed by atoms with E-state index in [0.717, 1.165) is 46.8 Å². The molecule has 5 aromatic rings. The standard InChI is InChI=1S/C32H32N6O3S/c1-2-40-28-16-10-9-15-27(28)36-17-19-37(20-18-36)31(39)26-22-41-30(33-26)23-42-32-35-34-29(21-24-11-5-3-6-12-24)38(32)25-13-7-4-8-14-25/h3-16,22H,2,17-21,23H2,1H3. The number of thioether (sulfide) groups is 1. The van der Waals surface area contributed by atoms with Gasteiger partial charge in [0.2, 0.25) is 5.89 Å². The molecule has 214 valence electrons. The Kier molecular flexibility index (Phi) is 8.51. The van der Waals surface area contributed by atoms with E-state index in [9.17, 15) is 4.79 Å². The Morgan fingerprint density at radius 1 is 0.905 bits per heavy atom. The lowest BCUT2D eigenvalue weighted by atomic mass is 10.1.